The minimum absolute atomic E-state index is 0.120. The molecule has 0 saturated carbocycles. The molecule has 0 aromatic rings. The van der Waals surface area contributed by atoms with Gasteiger partial charge in [0.2, 0.25) is 0 Å². The summed E-state index contributed by atoms with van der Waals surface area (Å²) in [5, 5.41) is 32.9. The van der Waals surface area contributed by atoms with E-state index in [9.17, 15) is 9.59 Å². The van der Waals surface area contributed by atoms with E-state index in [1.807, 2.05) is 0 Å². The lowest BCUT2D eigenvalue weighted by Crippen LogP contribution is -2.22. The van der Waals surface area contributed by atoms with E-state index >= 15 is 0 Å². The van der Waals surface area contributed by atoms with Gasteiger partial charge < -0.3 is 31.9 Å². The standard InChI is InChI=1S/2C4H9NO3/c2*5-2-1-3(6)4(7)8/h2*3,6H,1-2,5H2,(H,7,8). The number of rotatable bonds is 6. The van der Waals surface area contributed by atoms with Crippen LogP contribution in [0, 0.1) is 0 Å². The van der Waals surface area contributed by atoms with Gasteiger partial charge in [0, 0.05) is 0 Å². The number of nitrogens with two attached hydrogens (primary N) is 2. The number of aliphatic hydroxyl groups is 2. The number of carboxylic acid groups (broad SMARTS) is 2. The average Bonchev–Trinajstić information content (AvgIpc) is 2.19. The zero-order chi connectivity index (χ0) is 13.1. The summed E-state index contributed by atoms with van der Waals surface area (Å²) < 4.78 is 0. The minimum Gasteiger partial charge on any atom is -0.479 e. The van der Waals surface area contributed by atoms with Crippen molar-refractivity contribution >= 4 is 11.9 Å². The number of aliphatic hydroxyl groups excluding tert-OH is 2. The van der Waals surface area contributed by atoms with Crippen LogP contribution in [0.25, 0.3) is 0 Å². The second-order valence-electron chi connectivity index (χ2n) is 2.86. The first-order valence-electron chi connectivity index (χ1n) is 4.58. The molecule has 8 heteroatoms. The van der Waals surface area contributed by atoms with Crippen LogP contribution in [0.3, 0.4) is 0 Å². The van der Waals surface area contributed by atoms with Gasteiger partial charge in [0.1, 0.15) is 0 Å². The van der Waals surface area contributed by atoms with E-state index in [-0.39, 0.29) is 25.9 Å². The summed E-state index contributed by atoms with van der Waals surface area (Å²) in [6.07, 6.45) is -2.34. The first kappa shape index (κ1) is 17.2. The molecule has 8 nitrogen and oxygen atoms in total. The van der Waals surface area contributed by atoms with Gasteiger partial charge in [-0.05, 0) is 25.9 Å². The van der Waals surface area contributed by atoms with Gasteiger partial charge >= 0.3 is 11.9 Å². The maximum atomic E-state index is 9.78. The van der Waals surface area contributed by atoms with E-state index in [4.69, 9.17) is 31.9 Å². The summed E-state index contributed by atoms with van der Waals surface area (Å²) in [4.78, 5) is 19.6. The van der Waals surface area contributed by atoms with Crippen molar-refractivity contribution in [1.82, 2.24) is 0 Å². The van der Waals surface area contributed by atoms with E-state index in [1.165, 1.54) is 0 Å². The first-order chi connectivity index (χ1) is 7.36. The van der Waals surface area contributed by atoms with Crippen LogP contribution < -0.4 is 11.5 Å². The lowest BCUT2D eigenvalue weighted by Gasteiger charge is -1.99. The van der Waals surface area contributed by atoms with Crippen LogP contribution in [0.5, 0.6) is 0 Å². The van der Waals surface area contributed by atoms with E-state index in [0.717, 1.165) is 0 Å². The molecule has 0 heterocycles. The first-order valence-corrected chi connectivity index (χ1v) is 4.58. The van der Waals surface area contributed by atoms with Crippen LogP contribution in [0.15, 0.2) is 0 Å². The van der Waals surface area contributed by atoms with Crippen molar-refractivity contribution in [3.8, 4) is 0 Å². The van der Waals surface area contributed by atoms with Gasteiger partial charge in [-0.2, -0.15) is 0 Å². The predicted octanol–water partition coefficient (Wildman–Crippen LogP) is -2.44. The molecule has 8 N–H and O–H groups in total. The normalized spacial score (nSPS) is 13.2. The molecule has 16 heavy (non-hydrogen) atoms. The molecule has 0 aromatic heterocycles. The van der Waals surface area contributed by atoms with Crippen molar-refractivity contribution in [1.29, 1.82) is 0 Å². The van der Waals surface area contributed by atoms with Gasteiger partial charge in [-0.25, -0.2) is 9.59 Å². The zero-order valence-electron chi connectivity index (χ0n) is 8.74. The SMILES string of the molecule is NCCC(O)C(=O)O.NCCC(O)C(=O)O. The van der Waals surface area contributed by atoms with Gasteiger partial charge in [-0.3, -0.25) is 0 Å². The molecule has 0 aromatic carbocycles. The number of aliphatic carboxylic acids is 2. The monoisotopic (exact) mass is 238 g/mol. The Balaban J connectivity index is 0. The summed E-state index contributed by atoms with van der Waals surface area (Å²) in [6.45, 7) is 0.404. The zero-order valence-corrected chi connectivity index (χ0v) is 8.74. The highest BCUT2D eigenvalue weighted by molar-refractivity contribution is 5.72. The number of carbonyl (C=O) groups is 2. The molecule has 0 aliphatic rings. The summed E-state index contributed by atoms with van der Waals surface area (Å²) in [7, 11) is 0. The van der Waals surface area contributed by atoms with Gasteiger partial charge in [-0.1, -0.05) is 0 Å². The van der Waals surface area contributed by atoms with E-state index < -0.39 is 24.1 Å². The minimum atomic E-state index is -1.29. The Morgan fingerprint density at radius 2 is 1.12 bits per heavy atom. The molecule has 2 atom stereocenters. The van der Waals surface area contributed by atoms with Crippen molar-refractivity contribution in [3.63, 3.8) is 0 Å². The third-order valence-corrected chi connectivity index (χ3v) is 1.45. The van der Waals surface area contributed by atoms with Crippen LogP contribution in [0.2, 0.25) is 0 Å². The fourth-order valence-corrected chi connectivity index (χ4v) is 0.563. The third kappa shape index (κ3) is 10.9. The number of carboxylic acids is 2. The maximum Gasteiger partial charge on any atom is 0.332 e. The Kier molecular flexibility index (Phi) is 11.1. The van der Waals surface area contributed by atoms with Gasteiger partial charge in [-0.15, -0.1) is 0 Å². The Morgan fingerprint density at radius 3 is 1.19 bits per heavy atom. The molecule has 0 amide bonds. The quantitative estimate of drug-likeness (QED) is 0.296. The van der Waals surface area contributed by atoms with E-state index in [0.29, 0.717) is 0 Å². The summed E-state index contributed by atoms with van der Waals surface area (Å²) >= 11 is 0. The van der Waals surface area contributed by atoms with Crippen molar-refractivity contribution in [2.75, 3.05) is 13.1 Å². The summed E-state index contributed by atoms with van der Waals surface area (Å²) in [5.74, 6) is -2.43. The van der Waals surface area contributed by atoms with E-state index in [2.05, 4.69) is 0 Å². The molecule has 0 radical (unpaired) electrons. The lowest BCUT2D eigenvalue weighted by atomic mass is 10.3. The largest absolute Gasteiger partial charge is 0.479 e. The summed E-state index contributed by atoms with van der Waals surface area (Å²) in [5.41, 5.74) is 9.89. The molecule has 0 rings (SSSR count). The van der Waals surface area contributed by atoms with Crippen molar-refractivity contribution < 1.29 is 30.0 Å². The smallest absolute Gasteiger partial charge is 0.332 e. The van der Waals surface area contributed by atoms with Gasteiger partial charge in [0.05, 0.1) is 0 Å². The van der Waals surface area contributed by atoms with Crippen LogP contribution in [-0.2, 0) is 9.59 Å². The molecule has 0 saturated heterocycles. The molecule has 0 fully saturated rings. The van der Waals surface area contributed by atoms with Gasteiger partial charge in [0.25, 0.3) is 0 Å². The third-order valence-electron chi connectivity index (χ3n) is 1.45. The second-order valence-corrected chi connectivity index (χ2v) is 2.86. The van der Waals surface area contributed by atoms with Crippen LogP contribution in [0.4, 0.5) is 0 Å². The molecule has 0 spiro atoms. The average molecular weight is 238 g/mol. The van der Waals surface area contributed by atoms with Crippen molar-refractivity contribution in [2.24, 2.45) is 11.5 Å². The maximum absolute atomic E-state index is 9.78. The molecular weight excluding hydrogens is 220 g/mol. The predicted molar refractivity (Wildman–Crippen MR) is 54.6 cm³/mol. The summed E-state index contributed by atoms with van der Waals surface area (Å²) in [6, 6.07) is 0. The lowest BCUT2D eigenvalue weighted by molar-refractivity contribution is -0.147. The van der Waals surface area contributed by atoms with Crippen molar-refractivity contribution in [3.05, 3.63) is 0 Å². The molecule has 0 bridgehead atoms. The topological polar surface area (TPSA) is 167 Å². The fraction of sp³-hybridized carbons (Fsp3) is 0.750. The Labute approximate surface area is 92.5 Å². The number of hydrogen-bond donors (Lipinski definition) is 6. The van der Waals surface area contributed by atoms with Crippen LogP contribution in [-0.4, -0.2) is 57.7 Å². The molecule has 96 valence electrons. The molecule has 0 aliphatic heterocycles. The Hall–Kier alpha value is -1.22. The van der Waals surface area contributed by atoms with Crippen molar-refractivity contribution in [2.45, 2.75) is 25.0 Å². The van der Waals surface area contributed by atoms with Gasteiger partial charge in [0.15, 0.2) is 12.2 Å². The van der Waals surface area contributed by atoms with E-state index in [1.54, 1.807) is 0 Å². The highest BCUT2D eigenvalue weighted by Gasteiger charge is 2.10. The highest BCUT2D eigenvalue weighted by atomic mass is 16.4. The second kappa shape index (κ2) is 10.3. The molecule has 0 aliphatic carbocycles. The molecule has 2 unspecified atom stereocenters. The fourth-order valence-electron chi connectivity index (χ4n) is 0.563. The molecular formula is C8H18N2O6. The Bertz CT molecular complexity index is 189. The Morgan fingerprint density at radius 1 is 0.875 bits per heavy atom. The number of hydrogen-bond acceptors (Lipinski definition) is 6. The van der Waals surface area contributed by atoms with Crippen LogP contribution in [0.1, 0.15) is 12.8 Å². The van der Waals surface area contributed by atoms with Crippen LogP contribution >= 0.6 is 0 Å². The highest BCUT2D eigenvalue weighted by Crippen LogP contribution is 1.86.